The Morgan fingerprint density at radius 2 is 2.24 bits per heavy atom. The first-order chi connectivity index (χ1) is 8.11. The molecular weight excluding hydrogens is 236 g/mol. The third-order valence-electron chi connectivity index (χ3n) is 3.17. The van der Waals surface area contributed by atoms with E-state index in [0.717, 1.165) is 41.7 Å². The summed E-state index contributed by atoms with van der Waals surface area (Å²) in [6, 6.07) is 4.52. The average Bonchev–Trinajstić information content (AvgIpc) is 2.32. The van der Waals surface area contributed by atoms with Gasteiger partial charge in [-0.3, -0.25) is 0 Å². The fourth-order valence-electron chi connectivity index (χ4n) is 2.21. The van der Waals surface area contributed by atoms with Crippen LogP contribution in [0.2, 0.25) is 5.02 Å². The summed E-state index contributed by atoms with van der Waals surface area (Å²) in [7, 11) is 1.69. The monoisotopic (exact) mass is 254 g/mol. The van der Waals surface area contributed by atoms with Crippen LogP contribution >= 0.6 is 11.6 Å². The molecular formula is C13H19ClN2O. The SMILES string of the molecule is COc1cc(Cl)c(C)cc1N1CCNC(C)C1. The predicted octanol–water partition coefficient (Wildman–Crippen LogP) is 2.46. The van der Waals surface area contributed by atoms with Crippen LogP contribution < -0.4 is 15.0 Å². The average molecular weight is 255 g/mol. The molecule has 94 valence electrons. The first-order valence-corrected chi connectivity index (χ1v) is 6.32. The highest BCUT2D eigenvalue weighted by Gasteiger charge is 2.19. The van der Waals surface area contributed by atoms with Gasteiger partial charge in [0.15, 0.2) is 0 Å². The maximum atomic E-state index is 6.12. The molecule has 0 aromatic heterocycles. The van der Waals surface area contributed by atoms with E-state index < -0.39 is 0 Å². The zero-order chi connectivity index (χ0) is 12.4. The number of halogens is 1. The molecule has 0 amide bonds. The van der Waals surface area contributed by atoms with Gasteiger partial charge in [-0.2, -0.15) is 0 Å². The minimum Gasteiger partial charge on any atom is -0.495 e. The van der Waals surface area contributed by atoms with Crippen molar-refractivity contribution in [2.24, 2.45) is 0 Å². The van der Waals surface area contributed by atoms with Crippen LogP contribution in [-0.2, 0) is 0 Å². The van der Waals surface area contributed by atoms with Gasteiger partial charge in [0.1, 0.15) is 5.75 Å². The standard InChI is InChI=1S/C13H19ClN2O/c1-9-6-12(13(17-3)7-11(9)14)16-5-4-15-10(2)8-16/h6-7,10,15H,4-5,8H2,1-3H3. The third kappa shape index (κ3) is 2.67. The molecule has 4 heteroatoms. The van der Waals surface area contributed by atoms with Crippen LogP contribution in [-0.4, -0.2) is 32.8 Å². The molecule has 1 unspecified atom stereocenters. The van der Waals surface area contributed by atoms with Crippen molar-refractivity contribution in [2.75, 3.05) is 31.6 Å². The molecule has 2 rings (SSSR count). The Labute approximate surface area is 108 Å². The van der Waals surface area contributed by atoms with Crippen LogP contribution in [0.4, 0.5) is 5.69 Å². The van der Waals surface area contributed by atoms with Crippen molar-refractivity contribution in [3.05, 3.63) is 22.7 Å². The number of benzene rings is 1. The van der Waals surface area contributed by atoms with E-state index in [9.17, 15) is 0 Å². The quantitative estimate of drug-likeness (QED) is 0.878. The van der Waals surface area contributed by atoms with Crippen molar-refractivity contribution in [3.63, 3.8) is 0 Å². The topological polar surface area (TPSA) is 24.5 Å². The molecule has 17 heavy (non-hydrogen) atoms. The van der Waals surface area contributed by atoms with E-state index in [4.69, 9.17) is 16.3 Å². The first kappa shape index (κ1) is 12.5. The highest BCUT2D eigenvalue weighted by atomic mass is 35.5. The molecule has 0 aliphatic carbocycles. The number of hydrogen-bond acceptors (Lipinski definition) is 3. The summed E-state index contributed by atoms with van der Waals surface area (Å²) in [4.78, 5) is 2.35. The summed E-state index contributed by atoms with van der Waals surface area (Å²) in [6.07, 6.45) is 0. The van der Waals surface area contributed by atoms with Crippen LogP contribution in [0.5, 0.6) is 5.75 Å². The number of nitrogens with zero attached hydrogens (tertiary/aromatic N) is 1. The molecule has 0 radical (unpaired) electrons. The van der Waals surface area contributed by atoms with Gasteiger partial charge in [-0.15, -0.1) is 0 Å². The second-order valence-corrected chi connectivity index (χ2v) is 4.98. The van der Waals surface area contributed by atoms with Crippen molar-refractivity contribution >= 4 is 17.3 Å². The smallest absolute Gasteiger partial charge is 0.143 e. The van der Waals surface area contributed by atoms with Gasteiger partial charge >= 0.3 is 0 Å². The molecule has 1 aliphatic heterocycles. The maximum absolute atomic E-state index is 6.12. The highest BCUT2D eigenvalue weighted by Crippen LogP contribution is 2.34. The van der Waals surface area contributed by atoms with Crippen LogP contribution in [0.25, 0.3) is 0 Å². The summed E-state index contributed by atoms with van der Waals surface area (Å²) in [6.45, 7) is 7.23. The lowest BCUT2D eigenvalue weighted by molar-refractivity contribution is 0.410. The second-order valence-electron chi connectivity index (χ2n) is 4.57. The van der Waals surface area contributed by atoms with Crippen molar-refractivity contribution in [2.45, 2.75) is 19.9 Å². The van der Waals surface area contributed by atoms with Gasteiger partial charge in [-0.1, -0.05) is 11.6 Å². The third-order valence-corrected chi connectivity index (χ3v) is 3.58. The molecule has 0 saturated carbocycles. The van der Waals surface area contributed by atoms with Gasteiger partial charge in [0.25, 0.3) is 0 Å². The Hall–Kier alpha value is -0.930. The summed E-state index contributed by atoms with van der Waals surface area (Å²) >= 11 is 6.12. The van der Waals surface area contributed by atoms with Crippen molar-refractivity contribution in [1.29, 1.82) is 0 Å². The Kier molecular flexibility index (Phi) is 3.79. The summed E-state index contributed by atoms with van der Waals surface area (Å²) < 4.78 is 5.42. The van der Waals surface area contributed by atoms with Gasteiger partial charge in [0.2, 0.25) is 0 Å². The first-order valence-electron chi connectivity index (χ1n) is 5.94. The van der Waals surface area contributed by atoms with Gasteiger partial charge < -0.3 is 15.0 Å². The van der Waals surface area contributed by atoms with Gasteiger partial charge in [-0.05, 0) is 25.5 Å². The van der Waals surface area contributed by atoms with Crippen LogP contribution in [0, 0.1) is 6.92 Å². The summed E-state index contributed by atoms with van der Waals surface area (Å²) in [5.74, 6) is 0.856. The van der Waals surface area contributed by atoms with Crippen molar-refractivity contribution < 1.29 is 4.74 Å². The van der Waals surface area contributed by atoms with Crippen molar-refractivity contribution in [1.82, 2.24) is 5.32 Å². The number of rotatable bonds is 2. The number of hydrogen-bond donors (Lipinski definition) is 1. The number of anilines is 1. The lowest BCUT2D eigenvalue weighted by Gasteiger charge is -2.34. The summed E-state index contributed by atoms with van der Waals surface area (Å²) in [5.41, 5.74) is 2.23. The van der Waals surface area contributed by atoms with Gasteiger partial charge in [-0.25, -0.2) is 0 Å². The zero-order valence-corrected chi connectivity index (χ0v) is 11.3. The highest BCUT2D eigenvalue weighted by molar-refractivity contribution is 6.31. The normalized spacial score (nSPS) is 20.5. The maximum Gasteiger partial charge on any atom is 0.143 e. The molecule has 1 aromatic carbocycles. The number of aryl methyl sites for hydroxylation is 1. The predicted molar refractivity (Wildman–Crippen MR) is 72.4 cm³/mol. The van der Waals surface area contributed by atoms with Crippen molar-refractivity contribution in [3.8, 4) is 5.75 Å². The largest absolute Gasteiger partial charge is 0.495 e. The van der Waals surface area contributed by atoms with Crippen LogP contribution in [0.15, 0.2) is 12.1 Å². The van der Waals surface area contributed by atoms with E-state index in [2.05, 4.69) is 23.2 Å². The molecule has 1 saturated heterocycles. The van der Waals surface area contributed by atoms with E-state index in [0.29, 0.717) is 6.04 Å². The molecule has 0 bridgehead atoms. The molecule has 1 atom stereocenters. The molecule has 0 spiro atoms. The Morgan fingerprint density at radius 1 is 1.47 bits per heavy atom. The second kappa shape index (κ2) is 5.15. The number of nitrogens with one attached hydrogen (secondary N) is 1. The molecule has 3 nitrogen and oxygen atoms in total. The zero-order valence-electron chi connectivity index (χ0n) is 10.6. The minimum atomic E-state index is 0.504. The Balaban J connectivity index is 2.33. The fraction of sp³-hybridized carbons (Fsp3) is 0.538. The molecule has 1 N–H and O–H groups in total. The van der Waals surface area contributed by atoms with Crippen LogP contribution in [0.1, 0.15) is 12.5 Å². The molecule has 1 aliphatic rings. The fourth-order valence-corrected chi connectivity index (χ4v) is 2.36. The number of ether oxygens (including phenoxy) is 1. The van der Waals surface area contributed by atoms with E-state index in [1.807, 2.05) is 13.0 Å². The van der Waals surface area contributed by atoms with Gasteiger partial charge in [0, 0.05) is 36.8 Å². The lowest BCUT2D eigenvalue weighted by Crippen LogP contribution is -2.49. The van der Waals surface area contributed by atoms with E-state index in [-0.39, 0.29) is 0 Å². The number of methoxy groups -OCH3 is 1. The lowest BCUT2D eigenvalue weighted by atomic mass is 10.1. The molecule has 1 heterocycles. The summed E-state index contributed by atoms with van der Waals surface area (Å²) in [5, 5.41) is 4.19. The van der Waals surface area contributed by atoms with Gasteiger partial charge in [0.05, 0.1) is 12.8 Å². The minimum absolute atomic E-state index is 0.504. The Morgan fingerprint density at radius 3 is 2.88 bits per heavy atom. The molecule has 1 aromatic rings. The van der Waals surface area contributed by atoms with E-state index in [1.54, 1.807) is 7.11 Å². The van der Waals surface area contributed by atoms with Crippen LogP contribution in [0.3, 0.4) is 0 Å². The molecule has 1 fully saturated rings. The van der Waals surface area contributed by atoms with E-state index in [1.165, 1.54) is 0 Å². The number of piperazine rings is 1. The van der Waals surface area contributed by atoms with E-state index >= 15 is 0 Å². The Bertz CT molecular complexity index is 409.